The lowest BCUT2D eigenvalue weighted by Gasteiger charge is -2.22. The summed E-state index contributed by atoms with van der Waals surface area (Å²) in [6, 6.07) is 4.94. The summed E-state index contributed by atoms with van der Waals surface area (Å²) in [5.74, 6) is -2.89. The molecular weight excluding hydrogens is 250 g/mol. The van der Waals surface area contributed by atoms with Gasteiger partial charge in [0.25, 0.3) is 0 Å². The molecule has 0 aliphatic rings. The summed E-state index contributed by atoms with van der Waals surface area (Å²) in [4.78, 5) is 37.8. The third-order valence-electron chi connectivity index (χ3n) is 2.71. The number of aromatic nitrogens is 1. The van der Waals surface area contributed by atoms with Gasteiger partial charge in [0, 0.05) is 18.3 Å². The van der Waals surface area contributed by atoms with Crippen molar-refractivity contribution < 1.29 is 19.5 Å². The van der Waals surface area contributed by atoms with E-state index in [2.05, 4.69) is 4.98 Å². The second-order valence-electron chi connectivity index (χ2n) is 4.16. The minimum Gasteiger partial charge on any atom is -0.480 e. The van der Waals surface area contributed by atoms with Crippen molar-refractivity contribution in [3.05, 3.63) is 30.1 Å². The molecule has 0 saturated heterocycles. The van der Waals surface area contributed by atoms with E-state index >= 15 is 0 Å². The van der Waals surface area contributed by atoms with Crippen LogP contribution in [-0.2, 0) is 20.8 Å². The summed E-state index contributed by atoms with van der Waals surface area (Å²) >= 11 is 0. The maximum atomic E-state index is 12.0. The van der Waals surface area contributed by atoms with Gasteiger partial charge in [-0.05, 0) is 18.6 Å². The molecule has 1 rings (SSSR count). The van der Waals surface area contributed by atoms with Crippen LogP contribution in [0.15, 0.2) is 24.4 Å². The molecule has 0 saturated carbocycles. The fraction of sp³-hybridized carbons (Fsp3) is 0.333. The molecule has 7 heteroatoms. The zero-order valence-corrected chi connectivity index (χ0v) is 10.2. The number of pyridine rings is 1. The van der Waals surface area contributed by atoms with E-state index in [1.807, 2.05) is 0 Å². The molecule has 0 aliphatic heterocycles. The van der Waals surface area contributed by atoms with Gasteiger partial charge in [0.05, 0.1) is 6.42 Å². The summed E-state index contributed by atoms with van der Waals surface area (Å²) in [5.41, 5.74) is 8.84. The van der Waals surface area contributed by atoms with Crippen molar-refractivity contribution in [1.82, 2.24) is 4.98 Å². The Bertz CT molecular complexity index is 489. The highest BCUT2D eigenvalue weighted by Crippen LogP contribution is 2.14. The smallest absolute Gasteiger partial charge is 0.331 e. The number of amides is 1. The SMILES string of the molecule is NC(=O)CCC(N)(C(=O)O)C(=O)Cc1ccccn1. The lowest BCUT2D eigenvalue weighted by atomic mass is 9.87. The maximum absolute atomic E-state index is 12.0. The largest absolute Gasteiger partial charge is 0.480 e. The van der Waals surface area contributed by atoms with Gasteiger partial charge in [0.15, 0.2) is 11.3 Å². The average molecular weight is 265 g/mol. The highest BCUT2D eigenvalue weighted by atomic mass is 16.4. The van der Waals surface area contributed by atoms with Crippen LogP contribution in [-0.4, -0.2) is 33.3 Å². The molecule has 1 unspecified atom stereocenters. The van der Waals surface area contributed by atoms with E-state index in [-0.39, 0.29) is 19.3 Å². The Morgan fingerprint density at radius 2 is 2.00 bits per heavy atom. The van der Waals surface area contributed by atoms with Crippen LogP contribution in [0.5, 0.6) is 0 Å². The number of carbonyl (C=O) groups excluding carboxylic acids is 2. The topological polar surface area (TPSA) is 136 Å². The predicted octanol–water partition coefficient (Wildman–Crippen LogP) is -0.759. The molecular formula is C12H15N3O4. The fourth-order valence-corrected chi connectivity index (χ4v) is 1.51. The number of hydrogen-bond donors (Lipinski definition) is 3. The van der Waals surface area contributed by atoms with E-state index in [0.29, 0.717) is 5.69 Å². The lowest BCUT2D eigenvalue weighted by Crippen LogP contribution is -2.56. The van der Waals surface area contributed by atoms with Crippen LogP contribution >= 0.6 is 0 Å². The summed E-state index contributed by atoms with van der Waals surface area (Å²) in [6.07, 6.45) is 0.688. The molecule has 0 bridgehead atoms. The Labute approximate surface area is 109 Å². The number of primary amides is 1. The number of Topliss-reactive ketones (excluding diaryl/α,β-unsaturated/α-hetero) is 1. The molecule has 1 atom stereocenters. The zero-order chi connectivity index (χ0) is 14.5. The van der Waals surface area contributed by atoms with Crippen molar-refractivity contribution >= 4 is 17.7 Å². The molecule has 5 N–H and O–H groups in total. The highest BCUT2D eigenvalue weighted by molar-refractivity contribution is 6.08. The standard InChI is InChI=1S/C12H15N3O4/c13-10(17)4-5-12(14,11(18)19)9(16)7-8-3-1-2-6-15-8/h1-3,6H,4-5,7,14H2,(H2,13,17)(H,18,19). The fourth-order valence-electron chi connectivity index (χ4n) is 1.51. The van der Waals surface area contributed by atoms with Gasteiger partial charge in [0.2, 0.25) is 5.91 Å². The number of ketones is 1. The molecule has 0 spiro atoms. The van der Waals surface area contributed by atoms with E-state index in [1.165, 1.54) is 6.20 Å². The zero-order valence-electron chi connectivity index (χ0n) is 10.2. The molecule has 0 aromatic carbocycles. The molecule has 1 aromatic heterocycles. The average Bonchev–Trinajstić information content (AvgIpc) is 2.36. The first kappa shape index (κ1) is 14.8. The molecule has 0 radical (unpaired) electrons. The molecule has 0 aliphatic carbocycles. The number of carboxylic acid groups (broad SMARTS) is 1. The maximum Gasteiger partial charge on any atom is 0.331 e. The van der Waals surface area contributed by atoms with E-state index in [0.717, 1.165) is 0 Å². The van der Waals surface area contributed by atoms with Crippen LogP contribution < -0.4 is 11.5 Å². The van der Waals surface area contributed by atoms with Crippen molar-refractivity contribution in [2.24, 2.45) is 11.5 Å². The van der Waals surface area contributed by atoms with Gasteiger partial charge in [-0.25, -0.2) is 4.79 Å². The molecule has 102 valence electrons. The molecule has 0 fully saturated rings. The Morgan fingerprint density at radius 1 is 1.32 bits per heavy atom. The number of carbonyl (C=O) groups is 3. The first-order valence-electron chi connectivity index (χ1n) is 5.60. The van der Waals surface area contributed by atoms with Gasteiger partial charge in [0.1, 0.15) is 0 Å². The van der Waals surface area contributed by atoms with Gasteiger partial charge >= 0.3 is 5.97 Å². The minimum atomic E-state index is -2.12. The quantitative estimate of drug-likeness (QED) is 0.554. The van der Waals surface area contributed by atoms with Crippen LogP contribution in [0.3, 0.4) is 0 Å². The second-order valence-corrected chi connectivity index (χ2v) is 4.16. The number of carboxylic acids is 1. The van der Waals surface area contributed by atoms with Crippen molar-refractivity contribution in [3.8, 4) is 0 Å². The van der Waals surface area contributed by atoms with Crippen LogP contribution in [0, 0.1) is 0 Å². The molecule has 1 heterocycles. The van der Waals surface area contributed by atoms with Crippen LogP contribution in [0.2, 0.25) is 0 Å². The number of nitrogens with two attached hydrogens (primary N) is 2. The number of rotatable bonds is 7. The summed E-state index contributed by atoms with van der Waals surface area (Å²) < 4.78 is 0. The minimum absolute atomic E-state index is 0.206. The van der Waals surface area contributed by atoms with Gasteiger partial charge in [-0.3, -0.25) is 14.6 Å². The molecule has 7 nitrogen and oxygen atoms in total. The van der Waals surface area contributed by atoms with Crippen LogP contribution in [0.25, 0.3) is 0 Å². The predicted molar refractivity (Wildman–Crippen MR) is 65.9 cm³/mol. The third-order valence-corrected chi connectivity index (χ3v) is 2.71. The Hall–Kier alpha value is -2.28. The normalized spacial score (nSPS) is 13.5. The highest BCUT2D eigenvalue weighted by Gasteiger charge is 2.41. The molecule has 19 heavy (non-hydrogen) atoms. The van der Waals surface area contributed by atoms with Crippen molar-refractivity contribution in [2.75, 3.05) is 0 Å². The third kappa shape index (κ3) is 3.85. The first-order chi connectivity index (χ1) is 8.86. The molecule has 1 aromatic rings. The molecule has 1 amide bonds. The van der Waals surface area contributed by atoms with Crippen molar-refractivity contribution in [1.29, 1.82) is 0 Å². The van der Waals surface area contributed by atoms with Gasteiger partial charge in [-0.15, -0.1) is 0 Å². The lowest BCUT2D eigenvalue weighted by molar-refractivity contribution is -0.148. The summed E-state index contributed by atoms with van der Waals surface area (Å²) in [5, 5.41) is 9.08. The van der Waals surface area contributed by atoms with Crippen molar-refractivity contribution in [2.45, 2.75) is 24.8 Å². The number of nitrogens with zero attached hydrogens (tertiary/aromatic N) is 1. The Morgan fingerprint density at radius 3 is 2.47 bits per heavy atom. The van der Waals surface area contributed by atoms with Gasteiger partial charge in [-0.1, -0.05) is 6.07 Å². The van der Waals surface area contributed by atoms with Crippen LogP contribution in [0.1, 0.15) is 18.5 Å². The van der Waals surface area contributed by atoms with Gasteiger partial charge < -0.3 is 16.6 Å². The Kier molecular flexibility index (Phi) is 4.71. The summed E-state index contributed by atoms with van der Waals surface area (Å²) in [7, 11) is 0. The first-order valence-corrected chi connectivity index (χ1v) is 5.60. The van der Waals surface area contributed by atoms with E-state index < -0.39 is 23.2 Å². The van der Waals surface area contributed by atoms with E-state index in [1.54, 1.807) is 18.2 Å². The van der Waals surface area contributed by atoms with Gasteiger partial charge in [-0.2, -0.15) is 0 Å². The second kappa shape index (κ2) is 6.05. The van der Waals surface area contributed by atoms with Crippen LogP contribution in [0.4, 0.5) is 0 Å². The van der Waals surface area contributed by atoms with Crippen molar-refractivity contribution in [3.63, 3.8) is 0 Å². The Balaban J connectivity index is 2.84. The van der Waals surface area contributed by atoms with E-state index in [9.17, 15) is 14.4 Å². The number of aliphatic carboxylic acids is 1. The van der Waals surface area contributed by atoms with E-state index in [4.69, 9.17) is 16.6 Å². The number of hydrogen-bond acceptors (Lipinski definition) is 5. The summed E-state index contributed by atoms with van der Waals surface area (Å²) in [6.45, 7) is 0. The monoisotopic (exact) mass is 265 g/mol.